The Balaban J connectivity index is 2.98. The average molecular weight is 277 g/mol. The number of carbonyl (C=O) groups excluding carboxylic acids is 1. The van der Waals surface area contributed by atoms with E-state index >= 15 is 0 Å². The quantitative estimate of drug-likeness (QED) is 0.850. The summed E-state index contributed by atoms with van der Waals surface area (Å²) in [6.07, 6.45) is -3.23. The first-order valence-electron chi connectivity index (χ1n) is 5.45. The van der Waals surface area contributed by atoms with Gasteiger partial charge in [-0.15, -0.1) is 0 Å². The first-order valence-corrected chi connectivity index (χ1v) is 5.45. The molecule has 0 atom stereocenters. The molecule has 1 rings (SSSR count). The molecule has 0 aromatic carbocycles. The number of esters is 1. The Bertz CT molecular complexity index is 463. The van der Waals surface area contributed by atoms with E-state index in [0.29, 0.717) is 0 Å². The Morgan fingerprint density at radius 1 is 1.53 bits per heavy atom. The number of alkyl halides is 3. The molecule has 0 radical (unpaired) electrons. The molecule has 0 aliphatic rings. The SMILES string of the molecule is CCOC(=O)c1cc(N(C)CC(F)(F)F)ncc1N. The Hall–Kier alpha value is -1.99. The summed E-state index contributed by atoms with van der Waals surface area (Å²) in [6, 6.07) is 1.18. The molecular weight excluding hydrogens is 263 g/mol. The smallest absolute Gasteiger partial charge is 0.405 e. The Morgan fingerprint density at radius 3 is 2.68 bits per heavy atom. The minimum Gasteiger partial charge on any atom is -0.462 e. The summed E-state index contributed by atoms with van der Waals surface area (Å²) >= 11 is 0. The van der Waals surface area contributed by atoms with Crippen LogP contribution in [-0.2, 0) is 4.74 Å². The van der Waals surface area contributed by atoms with Gasteiger partial charge in [0.15, 0.2) is 0 Å². The number of rotatable bonds is 4. The Morgan fingerprint density at radius 2 is 2.16 bits per heavy atom. The minimum atomic E-state index is -4.36. The highest BCUT2D eigenvalue weighted by Crippen LogP contribution is 2.22. The lowest BCUT2D eigenvalue weighted by molar-refractivity contribution is -0.119. The van der Waals surface area contributed by atoms with Crippen LogP contribution in [0.25, 0.3) is 0 Å². The largest absolute Gasteiger partial charge is 0.462 e. The van der Waals surface area contributed by atoms with Crippen molar-refractivity contribution in [2.75, 3.05) is 30.8 Å². The van der Waals surface area contributed by atoms with Gasteiger partial charge in [0.2, 0.25) is 0 Å². The minimum absolute atomic E-state index is 0.000810. The van der Waals surface area contributed by atoms with E-state index in [1.807, 2.05) is 0 Å². The van der Waals surface area contributed by atoms with Crippen LogP contribution in [0, 0.1) is 0 Å². The van der Waals surface area contributed by atoms with Crippen LogP contribution in [0.2, 0.25) is 0 Å². The van der Waals surface area contributed by atoms with Crippen molar-refractivity contribution in [3.63, 3.8) is 0 Å². The summed E-state index contributed by atoms with van der Waals surface area (Å²) in [4.78, 5) is 16.2. The van der Waals surface area contributed by atoms with Gasteiger partial charge in [0.1, 0.15) is 12.4 Å². The summed E-state index contributed by atoms with van der Waals surface area (Å²) in [6.45, 7) is 0.590. The number of nitrogens with zero attached hydrogens (tertiary/aromatic N) is 2. The molecule has 19 heavy (non-hydrogen) atoms. The van der Waals surface area contributed by atoms with E-state index < -0.39 is 18.7 Å². The van der Waals surface area contributed by atoms with E-state index in [1.165, 1.54) is 13.1 Å². The standard InChI is InChI=1S/C11H14F3N3O2/c1-3-19-10(18)7-4-9(16-5-8(7)15)17(2)6-11(12,13)14/h4-5H,3,6,15H2,1-2H3. The maximum Gasteiger partial charge on any atom is 0.405 e. The number of carbonyl (C=O) groups is 1. The molecule has 5 nitrogen and oxygen atoms in total. The van der Waals surface area contributed by atoms with Gasteiger partial charge in [0.25, 0.3) is 0 Å². The van der Waals surface area contributed by atoms with Gasteiger partial charge < -0.3 is 15.4 Å². The maximum absolute atomic E-state index is 12.3. The number of nitrogen functional groups attached to an aromatic ring is 1. The number of pyridine rings is 1. The van der Waals surface area contributed by atoms with Crippen molar-refractivity contribution in [2.45, 2.75) is 13.1 Å². The van der Waals surface area contributed by atoms with E-state index in [2.05, 4.69) is 4.98 Å². The summed E-state index contributed by atoms with van der Waals surface area (Å²) in [5, 5.41) is 0. The topological polar surface area (TPSA) is 68.5 Å². The number of ether oxygens (including phenoxy) is 1. The van der Waals surface area contributed by atoms with Crippen molar-refractivity contribution in [2.24, 2.45) is 0 Å². The van der Waals surface area contributed by atoms with E-state index in [9.17, 15) is 18.0 Å². The number of anilines is 2. The monoisotopic (exact) mass is 277 g/mol. The van der Waals surface area contributed by atoms with Gasteiger partial charge in [-0.2, -0.15) is 13.2 Å². The van der Waals surface area contributed by atoms with Crippen LogP contribution in [0.1, 0.15) is 17.3 Å². The van der Waals surface area contributed by atoms with Gasteiger partial charge in [0.05, 0.1) is 24.1 Å². The summed E-state index contributed by atoms with van der Waals surface area (Å²) < 4.78 is 41.6. The van der Waals surface area contributed by atoms with Crippen LogP contribution in [-0.4, -0.2) is 37.3 Å². The molecule has 1 aromatic heterocycles. The molecule has 0 fully saturated rings. The van der Waals surface area contributed by atoms with E-state index in [4.69, 9.17) is 10.5 Å². The zero-order valence-corrected chi connectivity index (χ0v) is 10.5. The lowest BCUT2D eigenvalue weighted by atomic mass is 10.2. The molecule has 1 aromatic rings. The second-order valence-corrected chi connectivity index (χ2v) is 3.82. The fraction of sp³-hybridized carbons (Fsp3) is 0.455. The molecule has 0 bridgehead atoms. The van der Waals surface area contributed by atoms with Crippen molar-refractivity contribution in [1.82, 2.24) is 4.98 Å². The van der Waals surface area contributed by atoms with Gasteiger partial charge in [-0.1, -0.05) is 0 Å². The second kappa shape index (κ2) is 5.77. The number of hydrogen-bond donors (Lipinski definition) is 1. The lowest BCUT2D eigenvalue weighted by Crippen LogP contribution is -2.31. The highest BCUT2D eigenvalue weighted by Gasteiger charge is 2.30. The molecule has 0 aliphatic carbocycles. The second-order valence-electron chi connectivity index (χ2n) is 3.82. The third kappa shape index (κ3) is 4.31. The molecule has 2 N–H and O–H groups in total. The van der Waals surface area contributed by atoms with Crippen molar-refractivity contribution in [3.8, 4) is 0 Å². The van der Waals surface area contributed by atoms with Gasteiger partial charge >= 0.3 is 12.1 Å². The molecule has 0 aliphatic heterocycles. The predicted molar refractivity (Wildman–Crippen MR) is 63.9 cm³/mol. The van der Waals surface area contributed by atoms with Crippen LogP contribution in [0.4, 0.5) is 24.7 Å². The van der Waals surface area contributed by atoms with Crippen LogP contribution in [0.5, 0.6) is 0 Å². The molecule has 0 saturated heterocycles. The van der Waals surface area contributed by atoms with Gasteiger partial charge in [-0.3, -0.25) is 0 Å². The highest BCUT2D eigenvalue weighted by atomic mass is 19.4. The van der Waals surface area contributed by atoms with E-state index in [1.54, 1.807) is 6.92 Å². The fourth-order valence-corrected chi connectivity index (χ4v) is 1.40. The zero-order valence-electron chi connectivity index (χ0n) is 10.5. The molecule has 8 heteroatoms. The first kappa shape index (κ1) is 15.1. The van der Waals surface area contributed by atoms with Crippen molar-refractivity contribution in [3.05, 3.63) is 17.8 Å². The summed E-state index contributed by atoms with van der Waals surface area (Å²) in [5.74, 6) is -0.696. The van der Waals surface area contributed by atoms with Crippen LogP contribution >= 0.6 is 0 Å². The van der Waals surface area contributed by atoms with Crippen LogP contribution in [0.15, 0.2) is 12.3 Å². The van der Waals surface area contributed by atoms with Crippen LogP contribution < -0.4 is 10.6 Å². The van der Waals surface area contributed by atoms with E-state index in [-0.39, 0.29) is 23.7 Å². The number of hydrogen-bond acceptors (Lipinski definition) is 5. The number of nitrogens with two attached hydrogens (primary N) is 1. The zero-order chi connectivity index (χ0) is 14.6. The average Bonchev–Trinajstić information content (AvgIpc) is 2.27. The lowest BCUT2D eigenvalue weighted by Gasteiger charge is -2.20. The third-order valence-electron chi connectivity index (χ3n) is 2.22. The van der Waals surface area contributed by atoms with Crippen molar-refractivity contribution in [1.29, 1.82) is 0 Å². The molecule has 0 spiro atoms. The molecule has 0 amide bonds. The molecule has 1 heterocycles. The van der Waals surface area contributed by atoms with Crippen molar-refractivity contribution >= 4 is 17.5 Å². The number of aromatic nitrogens is 1. The van der Waals surface area contributed by atoms with E-state index in [0.717, 1.165) is 11.1 Å². The van der Waals surface area contributed by atoms with Crippen LogP contribution in [0.3, 0.4) is 0 Å². The molecule has 0 unspecified atom stereocenters. The van der Waals surface area contributed by atoms with Gasteiger partial charge in [0, 0.05) is 7.05 Å². The molecule has 0 saturated carbocycles. The Kier molecular flexibility index (Phi) is 4.57. The normalized spacial score (nSPS) is 11.2. The Labute approximate surface area is 108 Å². The summed E-state index contributed by atoms with van der Waals surface area (Å²) in [5.41, 5.74) is 5.60. The maximum atomic E-state index is 12.3. The predicted octanol–water partition coefficient (Wildman–Crippen LogP) is 1.84. The fourth-order valence-electron chi connectivity index (χ4n) is 1.40. The van der Waals surface area contributed by atoms with Crippen molar-refractivity contribution < 1.29 is 22.7 Å². The number of halogens is 3. The molecule has 106 valence electrons. The summed E-state index contributed by atoms with van der Waals surface area (Å²) in [7, 11) is 1.22. The third-order valence-corrected chi connectivity index (χ3v) is 2.22. The molecular formula is C11H14F3N3O2. The first-order chi connectivity index (χ1) is 8.74. The highest BCUT2D eigenvalue weighted by molar-refractivity contribution is 5.95. The van der Waals surface area contributed by atoms with Gasteiger partial charge in [-0.25, -0.2) is 9.78 Å². The van der Waals surface area contributed by atoms with Gasteiger partial charge in [-0.05, 0) is 13.0 Å².